The van der Waals surface area contributed by atoms with E-state index in [0.29, 0.717) is 13.2 Å². The van der Waals surface area contributed by atoms with E-state index in [2.05, 4.69) is 5.32 Å². The number of nitrogens with one attached hydrogen (secondary N) is 1. The summed E-state index contributed by atoms with van der Waals surface area (Å²) in [6.07, 6.45) is -0.143. The van der Waals surface area contributed by atoms with Crippen LogP contribution in [0.25, 0.3) is 0 Å². The highest BCUT2D eigenvalue weighted by molar-refractivity contribution is 5.77. The summed E-state index contributed by atoms with van der Waals surface area (Å²) in [7, 11) is 1.62. The Bertz CT molecular complexity index is 514. The fourth-order valence-corrected chi connectivity index (χ4v) is 2.33. The van der Waals surface area contributed by atoms with Crippen molar-refractivity contribution >= 4 is 5.91 Å². The molecule has 6 heteroatoms. The molecule has 0 radical (unpaired) electrons. The lowest BCUT2D eigenvalue weighted by atomic mass is 10.2. The molecule has 0 unspecified atom stereocenters. The number of carbonyl (C=O) groups is 1. The van der Waals surface area contributed by atoms with E-state index in [9.17, 15) is 4.79 Å². The average Bonchev–Trinajstić information content (AvgIpc) is 2.88. The summed E-state index contributed by atoms with van der Waals surface area (Å²) in [5, 5.41) is 2.88. The molecule has 1 aromatic rings. The topological polar surface area (TPSA) is 66.0 Å². The number of benzene rings is 1. The Morgan fingerprint density at radius 2 is 2.09 bits per heavy atom. The minimum Gasteiger partial charge on any atom is -0.497 e. The fourth-order valence-electron chi connectivity index (χ4n) is 2.33. The molecule has 1 heterocycles. The van der Waals surface area contributed by atoms with Gasteiger partial charge in [0.2, 0.25) is 5.91 Å². The van der Waals surface area contributed by atoms with E-state index in [-0.39, 0.29) is 24.7 Å². The van der Waals surface area contributed by atoms with Crippen LogP contribution in [0.2, 0.25) is 0 Å². The summed E-state index contributed by atoms with van der Waals surface area (Å²) in [5.74, 6) is 0.0375. The van der Waals surface area contributed by atoms with Gasteiger partial charge < -0.3 is 24.3 Å². The van der Waals surface area contributed by atoms with Crippen molar-refractivity contribution in [3.63, 3.8) is 0 Å². The molecule has 0 bridgehead atoms. The highest BCUT2D eigenvalue weighted by Crippen LogP contribution is 2.24. The van der Waals surface area contributed by atoms with E-state index >= 15 is 0 Å². The second kappa shape index (κ2) is 7.77. The van der Waals surface area contributed by atoms with Gasteiger partial charge in [0.1, 0.15) is 18.5 Å². The maximum absolute atomic E-state index is 11.9. The molecule has 0 aliphatic carbocycles. The number of amides is 1. The molecule has 0 saturated carbocycles. The zero-order valence-corrected chi connectivity index (χ0v) is 14.1. The Labute approximate surface area is 137 Å². The first-order chi connectivity index (χ1) is 10.9. The van der Waals surface area contributed by atoms with Crippen LogP contribution >= 0.6 is 0 Å². The summed E-state index contributed by atoms with van der Waals surface area (Å²) < 4.78 is 21.7. The highest BCUT2D eigenvalue weighted by atomic mass is 16.7. The van der Waals surface area contributed by atoms with E-state index < -0.39 is 5.79 Å². The second-order valence-corrected chi connectivity index (χ2v) is 6.06. The van der Waals surface area contributed by atoms with E-state index in [1.165, 1.54) is 0 Å². The van der Waals surface area contributed by atoms with Gasteiger partial charge in [-0.1, -0.05) is 12.1 Å². The monoisotopic (exact) mass is 323 g/mol. The zero-order chi connectivity index (χ0) is 16.9. The number of methoxy groups -OCH3 is 1. The molecule has 1 saturated heterocycles. The Balaban J connectivity index is 1.68. The van der Waals surface area contributed by atoms with Crippen LogP contribution in [0.4, 0.5) is 0 Å². The van der Waals surface area contributed by atoms with Crippen LogP contribution in [0.15, 0.2) is 24.3 Å². The van der Waals surface area contributed by atoms with Crippen LogP contribution < -0.4 is 10.1 Å². The fraction of sp³-hybridized carbons (Fsp3) is 0.588. The molecule has 0 aromatic heterocycles. The van der Waals surface area contributed by atoms with Crippen LogP contribution in [0.3, 0.4) is 0 Å². The van der Waals surface area contributed by atoms with Crippen molar-refractivity contribution in [2.24, 2.45) is 0 Å². The molecular weight excluding hydrogens is 298 g/mol. The third kappa shape index (κ3) is 5.49. The first kappa shape index (κ1) is 17.7. The molecule has 6 nitrogen and oxygen atoms in total. The number of ether oxygens (including phenoxy) is 4. The second-order valence-electron chi connectivity index (χ2n) is 6.06. The lowest BCUT2D eigenvalue weighted by molar-refractivity contribution is -0.144. The summed E-state index contributed by atoms with van der Waals surface area (Å²) in [6, 6.07) is 7.41. The minimum absolute atomic E-state index is 0.00728. The molecule has 1 amide bonds. The normalized spacial score (nSPS) is 21.0. The first-order valence-corrected chi connectivity index (χ1v) is 7.71. The summed E-state index contributed by atoms with van der Waals surface area (Å²) in [4.78, 5) is 11.9. The molecule has 1 aliphatic heterocycles. The van der Waals surface area contributed by atoms with Crippen molar-refractivity contribution < 1.29 is 23.7 Å². The molecule has 2 rings (SSSR count). The Morgan fingerprint density at radius 1 is 1.39 bits per heavy atom. The van der Waals surface area contributed by atoms with Gasteiger partial charge in [-0.15, -0.1) is 0 Å². The molecular formula is C17H25NO5. The average molecular weight is 323 g/mol. The van der Waals surface area contributed by atoms with Crippen LogP contribution in [0.1, 0.15) is 26.3 Å². The Hall–Kier alpha value is -1.63. The van der Waals surface area contributed by atoms with Crippen molar-refractivity contribution in [1.29, 1.82) is 0 Å². The maximum Gasteiger partial charge on any atom is 0.246 e. The first-order valence-electron chi connectivity index (χ1n) is 7.71. The summed E-state index contributed by atoms with van der Waals surface area (Å²) in [5.41, 5.74) is 0.987. The van der Waals surface area contributed by atoms with Gasteiger partial charge in [0.25, 0.3) is 0 Å². The molecule has 1 aromatic carbocycles. The van der Waals surface area contributed by atoms with E-state index in [4.69, 9.17) is 18.9 Å². The van der Waals surface area contributed by atoms with E-state index in [1.807, 2.05) is 45.0 Å². The van der Waals surface area contributed by atoms with Crippen molar-refractivity contribution in [2.45, 2.75) is 45.3 Å². The Morgan fingerprint density at radius 3 is 2.65 bits per heavy atom. The van der Waals surface area contributed by atoms with Gasteiger partial charge in [0, 0.05) is 0 Å². The molecule has 1 aliphatic rings. The van der Waals surface area contributed by atoms with Crippen molar-refractivity contribution in [1.82, 2.24) is 5.32 Å². The van der Waals surface area contributed by atoms with Gasteiger partial charge in [-0.2, -0.15) is 0 Å². The van der Waals surface area contributed by atoms with E-state index in [0.717, 1.165) is 11.3 Å². The van der Waals surface area contributed by atoms with Crippen LogP contribution in [-0.2, 0) is 25.6 Å². The molecule has 1 N–H and O–H groups in total. The predicted molar refractivity (Wildman–Crippen MR) is 85.2 cm³/mol. The highest BCUT2D eigenvalue weighted by Gasteiger charge is 2.36. The lowest BCUT2D eigenvalue weighted by Gasteiger charge is -2.22. The molecule has 23 heavy (non-hydrogen) atoms. The van der Waals surface area contributed by atoms with Crippen LogP contribution in [0, 0.1) is 0 Å². The van der Waals surface area contributed by atoms with Crippen molar-refractivity contribution in [2.75, 3.05) is 20.3 Å². The smallest absolute Gasteiger partial charge is 0.246 e. The standard InChI is InChI=1S/C17H25NO5/c1-12(15-10-22-17(2,3)23-15)18-16(19)11-21-9-13-5-7-14(20-4)8-6-13/h5-8,12,15H,9-11H2,1-4H3,(H,18,19)/t12-,15+/m0/s1. The number of carbonyl (C=O) groups excluding carboxylic acids is 1. The maximum atomic E-state index is 11.9. The quantitative estimate of drug-likeness (QED) is 0.830. The van der Waals surface area contributed by atoms with Crippen molar-refractivity contribution in [3.05, 3.63) is 29.8 Å². The van der Waals surface area contributed by atoms with Gasteiger partial charge in [-0.05, 0) is 38.5 Å². The lowest BCUT2D eigenvalue weighted by Crippen LogP contribution is -2.44. The summed E-state index contributed by atoms with van der Waals surface area (Å²) >= 11 is 0. The largest absolute Gasteiger partial charge is 0.497 e. The van der Waals surface area contributed by atoms with Gasteiger partial charge >= 0.3 is 0 Å². The zero-order valence-electron chi connectivity index (χ0n) is 14.1. The van der Waals surface area contributed by atoms with E-state index in [1.54, 1.807) is 7.11 Å². The van der Waals surface area contributed by atoms with Gasteiger partial charge in [-0.3, -0.25) is 4.79 Å². The predicted octanol–water partition coefficient (Wildman–Crippen LogP) is 1.87. The molecule has 1 fully saturated rings. The van der Waals surface area contributed by atoms with Crippen LogP contribution in [-0.4, -0.2) is 44.2 Å². The SMILES string of the molecule is COc1ccc(COCC(=O)N[C@@H](C)[C@H]2COC(C)(C)O2)cc1. The van der Waals surface area contributed by atoms with Gasteiger partial charge in [0.15, 0.2) is 5.79 Å². The van der Waals surface area contributed by atoms with Crippen LogP contribution in [0.5, 0.6) is 5.75 Å². The Kier molecular flexibility index (Phi) is 5.98. The molecule has 128 valence electrons. The number of rotatable bonds is 7. The third-order valence-corrected chi connectivity index (χ3v) is 3.64. The summed E-state index contributed by atoms with van der Waals surface area (Å²) in [6.45, 7) is 6.48. The third-order valence-electron chi connectivity index (χ3n) is 3.64. The number of hydrogen-bond acceptors (Lipinski definition) is 5. The molecule has 0 spiro atoms. The van der Waals surface area contributed by atoms with Gasteiger partial charge in [-0.25, -0.2) is 0 Å². The number of hydrogen-bond donors (Lipinski definition) is 1. The molecule has 2 atom stereocenters. The minimum atomic E-state index is -0.589. The van der Waals surface area contributed by atoms with Gasteiger partial charge in [0.05, 0.1) is 26.4 Å². The van der Waals surface area contributed by atoms with Crippen molar-refractivity contribution in [3.8, 4) is 5.75 Å².